The average Bonchev–Trinajstić information content (AvgIpc) is 2.75. The number of amides is 1. The lowest BCUT2D eigenvalue weighted by Crippen LogP contribution is -2.35. The molecule has 2 aromatic carbocycles. The third-order valence-corrected chi connectivity index (χ3v) is 7.62. The van der Waals surface area contributed by atoms with E-state index in [0.717, 1.165) is 40.3 Å². The minimum absolute atomic E-state index is 0.218. The van der Waals surface area contributed by atoms with Crippen molar-refractivity contribution < 1.29 is 13.2 Å². The molecule has 6 nitrogen and oxygen atoms in total. The van der Waals surface area contributed by atoms with Crippen LogP contribution in [0.15, 0.2) is 57.9 Å². The van der Waals surface area contributed by atoms with E-state index in [9.17, 15) is 13.2 Å². The molecule has 0 atom stereocenters. The normalized spacial score (nSPS) is 15.3. The first-order chi connectivity index (χ1) is 14.3. The smallest absolute Gasteiger partial charge is 0.255 e. The van der Waals surface area contributed by atoms with Crippen LogP contribution in [0, 0.1) is 6.92 Å². The van der Waals surface area contributed by atoms with Crippen LogP contribution in [0.3, 0.4) is 0 Å². The van der Waals surface area contributed by atoms with Gasteiger partial charge in [-0.3, -0.25) is 9.78 Å². The maximum Gasteiger partial charge on any atom is 0.255 e. The lowest BCUT2D eigenvalue weighted by Gasteiger charge is -2.25. The third-order valence-electron chi connectivity index (χ3n) is 5.22. The van der Waals surface area contributed by atoms with Crippen molar-refractivity contribution in [2.75, 3.05) is 18.4 Å². The van der Waals surface area contributed by atoms with Gasteiger partial charge in [0.1, 0.15) is 0 Å². The Balaban J connectivity index is 1.58. The first-order valence-electron chi connectivity index (χ1n) is 9.83. The monoisotopic (exact) mass is 487 g/mol. The number of benzene rings is 2. The highest BCUT2D eigenvalue weighted by atomic mass is 79.9. The lowest BCUT2D eigenvalue weighted by molar-refractivity contribution is 0.102. The minimum atomic E-state index is -3.51. The topological polar surface area (TPSA) is 79.4 Å². The number of aromatic nitrogens is 1. The van der Waals surface area contributed by atoms with E-state index < -0.39 is 10.0 Å². The Morgan fingerprint density at radius 1 is 1.03 bits per heavy atom. The predicted molar refractivity (Wildman–Crippen MR) is 121 cm³/mol. The van der Waals surface area contributed by atoms with Crippen LogP contribution < -0.4 is 5.32 Å². The van der Waals surface area contributed by atoms with E-state index in [-0.39, 0.29) is 10.8 Å². The molecule has 1 aliphatic heterocycles. The van der Waals surface area contributed by atoms with Crippen LogP contribution in [0.2, 0.25) is 0 Å². The summed E-state index contributed by atoms with van der Waals surface area (Å²) in [4.78, 5) is 17.5. The highest BCUT2D eigenvalue weighted by Crippen LogP contribution is 2.27. The third kappa shape index (κ3) is 4.26. The fourth-order valence-corrected chi connectivity index (χ4v) is 5.54. The average molecular weight is 488 g/mol. The van der Waals surface area contributed by atoms with E-state index in [0.29, 0.717) is 24.3 Å². The molecule has 30 heavy (non-hydrogen) atoms. The number of anilines is 1. The molecular formula is C22H22BrN3O3S. The Morgan fingerprint density at radius 3 is 2.43 bits per heavy atom. The molecule has 0 bridgehead atoms. The largest absolute Gasteiger partial charge is 0.321 e. The number of hydrogen-bond acceptors (Lipinski definition) is 4. The van der Waals surface area contributed by atoms with Gasteiger partial charge in [0.2, 0.25) is 10.0 Å². The molecule has 1 aliphatic rings. The predicted octanol–water partition coefficient (Wildman–Crippen LogP) is 4.73. The quantitative estimate of drug-likeness (QED) is 0.576. The highest BCUT2D eigenvalue weighted by molar-refractivity contribution is 9.10. The second-order valence-corrected chi connectivity index (χ2v) is 10.3. The summed E-state index contributed by atoms with van der Waals surface area (Å²) < 4.78 is 28.0. The van der Waals surface area contributed by atoms with Crippen molar-refractivity contribution in [3.8, 4) is 0 Å². The van der Waals surface area contributed by atoms with E-state index in [4.69, 9.17) is 0 Å². The Kier molecular flexibility index (Phi) is 5.90. The second kappa shape index (κ2) is 8.45. The first-order valence-corrected chi connectivity index (χ1v) is 12.1. The summed E-state index contributed by atoms with van der Waals surface area (Å²) >= 11 is 3.45. The van der Waals surface area contributed by atoms with E-state index in [1.54, 1.807) is 12.1 Å². The number of aryl methyl sites for hydroxylation is 1. The van der Waals surface area contributed by atoms with Crippen molar-refractivity contribution in [2.24, 2.45) is 0 Å². The van der Waals surface area contributed by atoms with Crippen molar-refractivity contribution in [3.05, 3.63) is 64.3 Å². The molecular weight excluding hydrogens is 466 g/mol. The summed E-state index contributed by atoms with van der Waals surface area (Å²) in [5.41, 5.74) is 2.64. The van der Waals surface area contributed by atoms with Crippen LogP contribution in [0.25, 0.3) is 10.9 Å². The van der Waals surface area contributed by atoms with Crippen LogP contribution in [-0.2, 0) is 10.0 Å². The lowest BCUT2D eigenvalue weighted by atomic mass is 10.1. The molecule has 0 radical (unpaired) electrons. The van der Waals surface area contributed by atoms with Gasteiger partial charge in [0.05, 0.1) is 16.1 Å². The zero-order chi connectivity index (χ0) is 21.3. The summed E-state index contributed by atoms with van der Waals surface area (Å²) in [5.74, 6) is -0.302. The minimum Gasteiger partial charge on any atom is -0.321 e. The molecule has 0 spiro atoms. The number of fused-ring (bicyclic) bond motifs is 1. The summed E-state index contributed by atoms with van der Waals surface area (Å²) in [6.45, 7) is 2.97. The molecule has 156 valence electrons. The van der Waals surface area contributed by atoms with Crippen LogP contribution in [0.5, 0.6) is 0 Å². The van der Waals surface area contributed by atoms with Gasteiger partial charge in [-0.05, 0) is 68.3 Å². The molecule has 1 aromatic heterocycles. The van der Waals surface area contributed by atoms with Crippen molar-refractivity contribution in [2.45, 2.75) is 31.1 Å². The van der Waals surface area contributed by atoms with Gasteiger partial charge in [0.15, 0.2) is 0 Å². The molecule has 0 aliphatic carbocycles. The van der Waals surface area contributed by atoms with E-state index in [1.807, 2.05) is 31.2 Å². The molecule has 0 saturated carbocycles. The molecule has 8 heteroatoms. The van der Waals surface area contributed by atoms with Gasteiger partial charge >= 0.3 is 0 Å². The summed E-state index contributed by atoms with van der Waals surface area (Å²) in [5, 5.41) is 3.76. The van der Waals surface area contributed by atoms with Crippen LogP contribution in [-0.4, -0.2) is 36.7 Å². The molecule has 3 aromatic rings. The number of carbonyl (C=O) groups is 1. The number of pyridine rings is 1. The van der Waals surface area contributed by atoms with Crippen LogP contribution in [0.4, 0.5) is 5.69 Å². The molecule has 0 unspecified atom stereocenters. The number of rotatable bonds is 4. The Hall–Kier alpha value is -2.29. The zero-order valence-electron chi connectivity index (χ0n) is 16.6. The molecule has 2 heterocycles. The van der Waals surface area contributed by atoms with E-state index >= 15 is 0 Å². The SMILES string of the molecule is Cc1cc(NC(=O)c2ccc(S(=O)(=O)N3CCCCC3)cc2)c2cc(Br)ccc2n1. The van der Waals surface area contributed by atoms with Gasteiger partial charge in [-0.25, -0.2) is 8.42 Å². The van der Waals surface area contributed by atoms with Gasteiger partial charge < -0.3 is 5.32 Å². The number of halogens is 1. The standard InChI is InChI=1S/C22H22BrN3O3S/c1-15-13-21(19-14-17(23)7-10-20(19)24-15)25-22(27)16-5-8-18(9-6-16)30(28,29)26-11-3-2-4-12-26/h5-10,13-14H,2-4,11-12H2,1H3,(H,24,25,27). The molecule has 1 saturated heterocycles. The van der Waals surface area contributed by atoms with Crippen molar-refractivity contribution in [1.82, 2.24) is 9.29 Å². The zero-order valence-corrected chi connectivity index (χ0v) is 19.0. The summed E-state index contributed by atoms with van der Waals surface area (Å²) in [6, 6.07) is 13.6. The molecule has 1 N–H and O–H groups in total. The Labute approximate surface area is 184 Å². The number of hydrogen-bond donors (Lipinski definition) is 1. The van der Waals surface area contributed by atoms with Crippen molar-refractivity contribution in [1.29, 1.82) is 0 Å². The molecule has 1 amide bonds. The maximum absolute atomic E-state index is 12.8. The number of sulfonamides is 1. The van der Waals surface area contributed by atoms with Gasteiger partial charge in [-0.2, -0.15) is 4.31 Å². The second-order valence-electron chi connectivity index (χ2n) is 7.42. The van der Waals surface area contributed by atoms with Crippen LogP contribution in [0.1, 0.15) is 35.3 Å². The highest BCUT2D eigenvalue weighted by Gasteiger charge is 2.26. The first kappa shape index (κ1) is 21.0. The number of piperidine rings is 1. The van der Waals surface area contributed by atoms with E-state index in [1.165, 1.54) is 16.4 Å². The van der Waals surface area contributed by atoms with Gasteiger partial charge in [0.25, 0.3) is 5.91 Å². The van der Waals surface area contributed by atoms with E-state index in [2.05, 4.69) is 26.2 Å². The van der Waals surface area contributed by atoms with Gasteiger partial charge in [-0.1, -0.05) is 22.4 Å². The number of nitrogens with one attached hydrogen (secondary N) is 1. The van der Waals surface area contributed by atoms with Crippen LogP contribution >= 0.6 is 15.9 Å². The number of carbonyl (C=O) groups excluding carboxylic acids is 1. The fraction of sp³-hybridized carbons (Fsp3) is 0.273. The Morgan fingerprint density at radius 2 is 1.73 bits per heavy atom. The van der Waals surface area contributed by atoms with Gasteiger partial charge in [0, 0.05) is 34.2 Å². The number of nitrogens with zero attached hydrogens (tertiary/aromatic N) is 2. The van der Waals surface area contributed by atoms with Gasteiger partial charge in [-0.15, -0.1) is 0 Å². The molecule has 1 fully saturated rings. The van der Waals surface area contributed by atoms with Crippen molar-refractivity contribution >= 4 is 48.5 Å². The summed E-state index contributed by atoms with van der Waals surface area (Å²) in [7, 11) is -3.51. The fourth-order valence-electron chi connectivity index (χ4n) is 3.66. The summed E-state index contributed by atoms with van der Waals surface area (Å²) in [6.07, 6.45) is 2.83. The Bertz CT molecular complexity index is 1200. The maximum atomic E-state index is 12.8. The molecule has 4 rings (SSSR count). The van der Waals surface area contributed by atoms with Crippen molar-refractivity contribution in [3.63, 3.8) is 0 Å².